The lowest BCUT2D eigenvalue weighted by molar-refractivity contribution is 0.305. The molecule has 0 aliphatic heterocycles. The van der Waals surface area contributed by atoms with E-state index in [2.05, 4.69) is 15.9 Å². The zero-order chi connectivity index (χ0) is 13.7. The molecule has 0 unspecified atom stereocenters. The summed E-state index contributed by atoms with van der Waals surface area (Å²) in [6.45, 7) is 0.538. The predicted octanol–water partition coefficient (Wildman–Crippen LogP) is 3.86. The summed E-state index contributed by atoms with van der Waals surface area (Å²) >= 11 is 8.38. The fourth-order valence-electron chi connectivity index (χ4n) is 1.68. The molecule has 19 heavy (non-hydrogen) atoms. The highest BCUT2D eigenvalue weighted by molar-refractivity contribution is 9.10. The maximum absolute atomic E-state index is 5.74. The second kappa shape index (κ2) is 6.68. The van der Waals surface area contributed by atoms with Gasteiger partial charge in [0.2, 0.25) is 0 Å². The van der Waals surface area contributed by atoms with E-state index in [-0.39, 0.29) is 0 Å². The van der Waals surface area contributed by atoms with E-state index < -0.39 is 0 Å². The first-order valence-electron chi connectivity index (χ1n) is 5.88. The van der Waals surface area contributed by atoms with Crippen LogP contribution in [-0.4, -0.2) is 4.99 Å². The Morgan fingerprint density at radius 2 is 1.79 bits per heavy atom. The number of ether oxygens (including phenoxy) is 1. The number of halogens is 1. The van der Waals surface area contributed by atoms with Crippen molar-refractivity contribution < 1.29 is 4.74 Å². The Kier molecular flexibility index (Phi) is 4.93. The van der Waals surface area contributed by atoms with Crippen LogP contribution in [0.3, 0.4) is 0 Å². The van der Waals surface area contributed by atoms with E-state index in [1.807, 2.05) is 48.5 Å². The Bertz CT molecular complexity index is 569. The average molecular weight is 336 g/mol. The third-order valence-electron chi connectivity index (χ3n) is 2.65. The third-order valence-corrected chi connectivity index (χ3v) is 3.57. The zero-order valence-corrected chi connectivity index (χ0v) is 12.7. The smallest absolute Gasteiger partial charge is 0.119 e. The molecule has 4 heteroatoms. The van der Waals surface area contributed by atoms with Crippen molar-refractivity contribution >= 4 is 33.1 Å². The van der Waals surface area contributed by atoms with Crippen molar-refractivity contribution in [1.29, 1.82) is 0 Å². The van der Waals surface area contributed by atoms with Gasteiger partial charge < -0.3 is 10.5 Å². The Morgan fingerprint density at radius 3 is 2.42 bits per heavy atom. The standard InChI is InChI=1S/C15H14BrNOS/c16-14-4-2-1-3-12(14)10-18-13-7-5-11(6-8-13)9-15(17)19/h1-8H,9-10H2,(H2,17,19). The SMILES string of the molecule is NC(=S)Cc1ccc(OCc2ccccc2Br)cc1. The van der Waals surface area contributed by atoms with Crippen LogP contribution in [0, 0.1) is 0 Å². The first-order chi connectivity index (χ1) is 9.15. The normalized spacial score (nSPS) is 10.2. The fourth-order valence-corrected chi connectivity index (χ4v) is 2.25. The van der Waals surface area contributed by atoms with E-state index in [0.717, 1.165) is 21.3 Å². The van der Waals surface area contributed by atoms with E-state index >= 15 is 0 Å². The molecule has 98 valence electrons. The number of rotatable bonds is 5. The van der Waals surface area contributed by atoms with Gasteiger partial charge in [-0.3, -0.25) is 0 Å². The van der Waals surface area contributed by atoms with Crippen LogP contribution < -0.4 is 10.5 Å². The van der Waals surface area contributed by atoms with Gasteiger partial charge in [-0.2, -0.15) is 0 Å². The molecule has 0 spiro atoms. The summed E-state index contributed by atoms with van der Waals surface area (Å²) in [5.41, 5.74) is 7.73. The molecule has 2 rings (SSSR count). The lowest BCUT2D eigenvalue weighted by Crippen LogP contribution is -2.10. The lowest BCUT2D eigenvalue weighted by Gasteiger charge is -2.08. The molecule has 0 bridgehead atoms. The maximum Gasteiger partial charge on any atom is 0.119 e. The number of thiocarbonyl (C=S) groups is 1. The molecule has 2 aromatic carbocycles. The molecular weight excluding hydrogens is 322 g/mol. The summed E-state index contributed by atoms with van der Waals surface area (Å²) in [5, 5.41) is 0. The molecule has 2 N–H and O–H groups in total. The Balaban J connectivity index is 1.97. The summed E-state index contributed by atoms with van der Waals surface area (Å²) in [6, 6.07) is 15.8. The Labute approximate surface area is 126 Å². The number of benzene rings is 2. The van der Waals surface area contributed by atoms with Gasteiger partial charge >= 0.3 is 0 Å². The van der Waals surface area contributed by atoms with Crippen molar-refractivity contribution in [3.63, 3.8) is 0 Å². The summed E-state index contributed by atoms with van der Waals surface area (Å²) in [5.74, 6) is 0.836. The third kappa shape index (κ3) is 4.33. The Hall–Kier alpha value is -1.39. The molecule has 0 atom stereocenters. The molecule has 0 radical (unpaired) electrons. The van der Waals surface area contributed by atoms with Gasteiger partial charge in [0, 0.05) is 16.5 Å². The van der Waals surface area contributed by atoms with Gasteiger partial charge in [-0.15, -0.1) is 0 Å². The molecule has 0 aliphatic carbocycles. The molecule has 2 aromatic rings. The molecule has 0 saturated heterocycles. The topological polar surface area (TPSA) is 35.2 Å². The molecule has 0 aliphatic rings. The summed E-state index contributed by atoms with van der Waals surface area (Å²) < 4.78 is 6.79. The number of nitrogens with two attached hydrogens (primary N) is 1. The average Bonchev–Trinajstić information content (AvgIpc) is 2.39. The highest BCUT2D eigenvalue weighted by Crippen LogP contribution is 2.19. The van der Waals surface area contributed by atoms with Gasteiger partial charge in [-0.05, 0) is 23.8 Å². The van der Waals surface area contributed by atoms with Crippen molar-refractivity contribution in [2.45, 2.75) is 13.0 Å². The molecule has 0 heterocycles. The van der Waals surface area contributed by atoms with E-state index in [0.29, 0.717) is 18.0 Å². The van der Waals surface area contributed by atoms with Crippen molar-refractivity contribution in [3.05, 3.63) is 64.1 Å². The van der Waals surface area contributed by atoms with Crippen molar-refractivity contribution in [1.82, 2.24) is 0 Å². The minimum absolute atomic E-state index is 0.502. The van der Waals surface area contributed by atoms with E-state index in [1.54, 1.807) is 0 Å². The quantitative estimate of drug-likeness (QED) is 0.842. The molecule has 0 fully saturated rings. The van der Waals surface area contributed by atoms with Gasteiger partial charge in [0.1, 0.15) is 12.4 Å². The fraction of sp³-hybridized carbons (Fsp3) is 0.133. The minimum Gasteiger partial charge on any atom is -0.489 e. The van der Waals surface area contributed by atoms with E-state index in [4.69, 9.17) is 22.7 Å². The van der Waals surface area contributed by atoms with Crippen LogP contribution in [0.1, 0.15) is 11.1 Å². The van der Waals surface area contributed by atoms with Gasteiger partial charge in [0.25, 0.3) is 0 Å². The summed E-state index contributed by atoms with van der Waals surface area (Å²) in [7, 11) is 0. The molecule has 0 saturated carbocycles. The maximum atomic E-state index is 5.74. The molecule has 2 nitrogen and oxygen atoms in total. The number of hydrogen-bond donors (Lipinski definition) is 1. The molecule has 0 aromatic heterocycles. The van der Waals surface area contributed by atoms with Gasteiger partial charge in [-0.25, -0.2) is 0 Å². The van der Waals surface area contributed by atoms with Crippen LogP contribution in [0.25, 0.3) is 0 Å². The number of hydrogen-bond acceptors (Lipinski definition) is 2. The van der Waals surface area contributed by atoms with Crippen LogP contribution >= 0.6 is 28.1 Å². The van der Waals surface area contributed by atoms with E-state index in [1.165, 1.54) is 0 Å². The minimum atomic E-state index is 0.502. The van der Waals surface area contributed by atoms with Crippen LogP contribution in [0.2, 0.25) is 0 Å². The van der Waals surface area contributed by atoms with Gasteiger partial charge in [0.05, 0.1) is 4.99 Å². The second-order valence-corrected chi connectivity index (χ2v) is 5.55. The molecule has 0 amide bonds. The zero-order valence-electron chi connectivity index (χ0n) is 10.3. The monoisotopic (exact) mass is 335 g/mol. The van der Waals surface area contributed by atoms with Crippen LogP contribution in [-0.2, 0) is 13.0 Å². The van der Waals surface area contributed by atoms with Crippen LogP contribution in [0.5, 0.6) is 5.75 Å². The Morgan fingerprint density at radius 1 is 1.11 bits per heavy atom. The summed E-state index contributed by atoms with van der Waals surface area (Å²) in [4.78, 5) is 0.502. The highest BCUT2D eigenvalue weighted by atomic mass is 79.9. The first kappa shape index (κ1) is 14.0. The van der Waals surface area contributed by atoms with Crippen molar-refractivity contribution in [2.75, 3.05) is 0 Å². The molecular formula is C15H14BrNOS. The lowest BCUT2D eigenvalue weighted by atomic mass is 10.1. The second-order valence-electron chi connectivity index (χ2n) is 4.17. The largest absolute Gasteiger partial charge is 0.489 e. The van der Waals surface area contributed by atoms with Crippen LogP contribution in [0.4, 0.5) is 0 Å². The highest BCUT2D eigenvalue weighted by Gasteiger charge is 2.01. The van der Waals surface area contributed by atoms with Gasteiger partial charge in [-0.1, -0.05) is 58.5 Å². The predicted molar refractivity (Wildman–Crippen MR) is 85.4 cm³/mol. The van der Waals surface area contributed by atoms with E-state index in [9.17, 15) is 0 Å². The van der Waals surface area contributed by atoms with Crippen LogP contribution in [0.15, 0.2) is 53.0 Å². The van der Waals surface area contributed by atoms with Crippen molar-refractivity contribution in [2.24, 2.45) is 5.73 Å². The van der Waals surface area contributed by atoms with Gasteiger partial charge in [0.15, 0.2) is 0 Å². The summed E-state index contributed by atoms with van der Waals surface area (Å²) in [6.07, 6.45) is 0.625. The first-order valence-corrected chi connectivity index (χ1v) is 7.09. The van der Waals surface area contributed by atoms with Crippen molar-refractivity contribution in [3.8, 4) is 5.75 Å².